The second-order valence-corrected chi connectivity index (χ2v) is 4.78. The van der Waals surface area contributed by atoms with Crippen molar-refractivity contribution in [3.63, 3.8) is 0 Å². The topological polar surface area (TPSA) is 12.4 Å². The van der Waals surface area contributed by atoms with Crippen LogP contribution in [0.1, 0.15) is 32.1 Å². The van der Waals surface area contributed by atoms with Gasteiger partial charge >= 0.3 is 0 Å². The fourth-order valence-corrected chi connectivity index (χ4v) is 2.78. The van der Waals surface area contributed by atoms with E-state index in [4.69, 9.17) is 0 Å². The van der Waals surface area contributed by atoms with Crippen LogP contribution in [0.2, 0.25) is 0 Å². The molecule has 1 atom stereocenters. The molecule has 0 aromatic heterocycles. The van der Waals surface area contributed by atoms with Gasteiger partial charge in [0.1, 0.15) is 0 Å². The number of aliphatic imine (C=N–C) groups is 1. The summed E-state index contributed by atoms with van der Waals surface area (Å²) >= 11 is 2.48. The maximum atomic E-state index is 4.32. The Bertz CT molecular complexity index is 196. The van der Waals surface area contributed by atoms with Crippen LogP contribution in [-0.4, -0.2) is 16.7 Å². The molecule has 0 N–H and O–H groups in total. The van der Waals surface area contributed by atoms with E-state index < -0.39 is 0 Å². The van der Waals surface area contributed by atoms with E-state index in [0.717, 1.165) is 6.42 Å². The maximum Gasteiger partial charge on any atom is 0.0530 e. The van der Waals surface area contributed by atoms with E-state index in [9.17, 15) is 0 Å². The van der Waals surface area contributed by atoms with Crippen LogP contribution in [-0.2, 0) is 0 Å². The van der Waals surface area contributed by atoms with E-state index in [1.165, 1.54) is 37.0 Å². The maximum absolute atomic E-state index is 4.32. The molecule has 0 amide bonds. The summed E-state index contributed by atoms with van der Waals surface area (Å²) in [6.45, 7) is 4.08. The third kappa shape index (κ3) is 2.57. The molecule has 1 fully saturated rings. The van der Waals surface area contributed by atoms with Crippen molar-refractivity contribution in [2.75, 3.05) is 7.05 Å². The molecule has 2 heteroatoms. The highest BCUT2D eigenvalue weighted by Gasteiger charge is 2.16. The monoisotopic (exact) mass is 277 g/mol. The molecule has 1 nitrogen and oxygen atoms in total. The first kappa shape index (κ1) is 10.2. The molecule has 0 aliphatic heterocycles. The van der Waals surface area contributed by atoms with Crippen molar-refractivity contribution in [3.8, 4) is 0 Å². The van der Waals surface area contributed by atoms with E-state index in [1.807, 2.05) is 7.05 Å². The molecule has 0 aromatic carbocycles. The Morgan fingerprint density at radius 2 is 2.17 bits per heavy atom. The lowest BCUT2D eigenvalue weighted by Gasteiger charge is -2.18. The summed E-state index contributed by atoms with van der Waals surface area (Å²) in [5.41, 5.74) is 2.51. The summed E-state index contributed by atoms with van der Waals surface area (Å²) in [6.07, 6.45) is 6.41. The highest BCUT2D eigenvalue weighted by atomic mass is 127. The lowest BCUT2D eigenvalue weighted by Crippen LogP contribution is -2.18. The Labute approximate surface area is 88.5 Å². The van der Waals surface area contributed by atoms with Crippen LogP contribution in [0.4, 0.5) is 0 Å². The Morgan fingerprint density at radius 3 is 2.83 bits per heavy atom. The summed E-state index contributed by atoms with van der Waals surface area (Å²) in [6, 6.07) is 0. The van der Waals surface area contributed by atoms with Gasteiger partial charge < -0.3 is 0 Å². The Hall–Kier alpha value is 0.140. The molecule has 0 aromatic rings. The summed E-state index contributed by atoms with van der Waals surface area (Å²) in [4.78, 5) is 4.32. The summed E-state index contributed by atoms with van der Waals surface area (Å²) in [5, 5.41) is 0. The van der Waals surface area contributed by atoms with Gasteiger partial charge in [0.15, 0.2) is 0 Å². The lowest BCUT2D eigenvalue weighted by molar-refractivity contribution is 0.650. The Kier molecular flexibility index (Phi) is 4.26. The first-order chi connectivity index (χ1) is 5.75. The van der Waals surface area contributed by atoms with E-state index in [2.05, 4.69) is 34.2 Å². The number of nitrogens with zero attached hydrogens (tertiary/aromatic N) is 1. The second-order valence-electron chi connectivity index (χ2n) is 3.28. The van der Waals surface area contributed by atoms with Crippen LogP contribution in [0.5, 0.6) is 0 Å². The van der Waals surface area contributed by atoms with Crippen LogP contribution < -0.4 is 0 Å². The molecular formula is C10H16IN. The predicted octanol–water partition coefficient (Wildman–Crippen LogP) is 3.38. The SMILES string of the molecule is C=C1CCCCCC(I)C1=NC. The zero-order valence-corrected chi connectivity index (χ0v) is 9.80. The van der Waals surface area contributed by atoms with Gasteiger partial charge in [0.25, 0.3) is 0 Å². The molecule has 1 aliphatic rings. The van der Waals surface area contributed by atoms with E-state index in [-0.39, 0.29) is 0 Å². The molecular weight excluding hydrogens is 261 g/mol. The average Bonchev–Trinajstić information content (AvgIpc) is 2.02. The first-order valence-corrected chi connectivity index (χ1v) is 5.79. The number of rotatable bonds is 0. The van der Waals surface area contributed by atoms with Gasteiger partial charge in [0.2, 0.25) is 0 Å². The predicted molar refractivity (Wildman–Crippen MR) is 63.4 cm³/mol. The molecule has 1 saturated carbocycles. The third-order valence-corrected chi connectivity index (χ3v) is 3.55. The molecule has 0 radical (unpaired) electrons. The standard InChI is InChI=1S/C10H16IN/c1-8-6-4-3-5-7-9(11)10(8)12-2/h9H,1,3-7H2,2H3. The second kappa shape index (κ2) is 5.00. The first-order valence-electron chi connectivity index (χ1n) is 4.54. The minimum Gasteiger partial charge on any atom is -0.292 e. The van der Waals surface area contributed by atoms with Gasteiger partial charge in [-0.1, -0.05) is 42.0 Å². The van der Waals surface area contributed by atoms with Gasteiger partial charge in [-0.05, 0) is 24.8 Å². The van der Waals surface area contributed by atoms with Crippen molar-refractivity contribution < 1.29 is 0 Å². The molecule has 0 heterocycles. The quantitative estimate of drug-likeness (QED) is 0.475. The minimum absolute atomic E-state index is 0.598. The Balaban J connectivity index is 2.68. The van der Waals surface area contributed by atoms with E-state index in [0.29, 0.717) is 3.92 Å². The number of halogens is 1. The van der Waals surface area contributed by atoms with Gasteiger partial charge in [-0.3, -0.25) is 4.99 Å². The van der Waals surface area contributed by atoms with Crippen molar-refractivity contribution in [1.29, 1.82) is 0 Å². The number of alkyl halides is 1. The zero-order valence-electron chi connectivity index (χ0n) is 7.65. The van der Waals surface area contributed by atoms with Crippen molar-refractivity contribution in [1.82, 2.24) is 0 Å². The third-order valence-electron chi connectivity index (χ3n) is 2.34. The van der Waals surface area contributed by atoms with Crippen LogP contribution >= 0.6 is 22.6 Å². The van der Waals surface area contributed by atoms with E-state index in [1.54, 1.807) is 0 Å². The zero-order chi connectivity index (χ0) is 8.97. The van der Waals surface area contributed by atoms with Gasteiger partial charge in [-0.25, -0.2) is 0 Å². The smallest absolute Gasteiger partial charge is 0.0530 e. The molecule has 1 rings (SSSR count). The highest BCUT2D eigenvalue weighted by Crippen LogP contribution is 2.23. The summed E-state index contributed by atoms with van der Waals surface area (Å²) < 4.78 is 0.598. The largest absolute Gasteiger partial charge is 0.292 e. The number of hydrogen-bond donors (Lipinski definition) is 0. The fourth-order valence-electron chi connectivity index (χ4n) is 1.62. The average molecular weight is 277 g/mol. The highest BCUT2D eigenvalue weighted by molar-refractivity contribution is 14.1. The van der Waals surface area contributed by atoms with Crippen LogP contribution in [0.15, 0.2) is 17.1 Å². The minimum atomic E-state index is 0.598. The molecule has 68 valence electrons. The Morgan fingerprint density at radius 1 is 1.42 bits per heavy atom. The van der Waals surface area contributed by atoms with Gasteiger partial charge in [0.05, 0.1) is 3.92 Å². The molecule has 0 bridgehead atoms. The van der Waals surface area contributed by atoms with E-state index >= 15 is 0 Å². The van der Waals surface area contributed by atoms with Crippen LogP contribution in [0.25, 0.3) is 0 Å². The molecule has 0 saturated heterocycles. The van der Waals surface area contributed by atoms with Gasteiger partial charge in [-0.2, -0.15) is 0 Å². The van der Waals surface area contributed by atoms with Gasteiger partial charge in [0, 0.05) is 12.8 Å². The number of allylic oxidation sites excluding steroid dienone is 1. The van der Waals surface area contributed by atoms with Crippen molar-refractivity contribution >= 4 is 28.3 Å². The molecule has 1 aliphatic carbocycles. The van der Waals surface area contributed by atoms with Crippen molar-refractivity contribution in [2.45, 2.75) is 36.0 Å². The molecule has 1 unspecified atom stereocenters. The van der Waals surface area contributed by atoms with Crippen molar-refractivity contribution in [2.24, 2.45) is 4.99 Å². The molecule has 12 heavy (non-hydrogen) atoms. The lowest BCUT2D eigenvalue weighted by atomic mass is 9.95. The summed E-state index contributed by atoms with van der Waals surface area (Å²) in [7, 11) is 1.88. The van der Waals surface area contributed by atoms with Gasteiger partial charge in [-0.15, -0.1) is 0 Å². The number of hydrogen-bond acceptors (Lipinski definition) is 1. The van der Waals surface area contributed by atoms with Crippen molar-refractivity contribution in [3.05, 3.63) is 12.2 Å². The summed E-state index contributed by atoms with van der Waals surface area (Å²) in [5.74, 6) is 0. The normalized spacial score (nSPS) is 30.0. The fraction of sp³-hybridized carbons (Fsp3) is 0.700. The van der Waals surface area contributed by atoms with Crippen LogP contribution in [0, 0.1) is 0 Å². The molecule has 0 spiro atoms. The van der Waals surface area contributed by atoms with Crippen LogP contribution in [0.3, 0.4) is 0 Å².